The number of benzene rings is 2. The smallest absolute Gasteiger partial charge is 0.319 e. The normalized spacial score (nSPS) is 11.5. The van der Waals surface area contributed by atoms with Gasteiger partial charge in [0.05, 0.1) is 12.3 Å². The number of carbonyl (C=O) groups is 2. The van der Waals surface area contributed by atoms with E-state index in [9.17, 15) is 14.7 Å². The number of aliphatic carboxylic acids is 1. The predicted molar refractivity (Wildman–Crippen MR) is 136 cm³/mol. The van der Waals surface area contributed by atoms with Crippen LogP contribution in [0.2, 0.25) is 0 Å². The number of amides is 1. The van der Waals surface area contributed by atoms with Crippen LogP contribution < -0.4 is 5.32 Å². The van der Waals surface area contributed by atoms with Gasteiger partial charge in [-0.05, 0) is 63.9 Å². The van der Waals surface area contributed by atoms with Gasteiger partial charge in [-0.15, -0.1) is 11.8 Å². The highest BCUT2D eigenvalue weighted by Crippen LogP contribution is 2.34. The summed E-state index contributed by atoms with van der Waals surface area (Å²) in [6, 6.07) is 13.4. The molecule has 1 amide bonds. The van der Waals surface area contributed by atoms with Gasteiger partial charge in [-0.3, -0.25) is 9.59 Å². The Hall–Kier alpha value is -3.10. The van der Waals surface area contributed by atoms with E-state index in [-0.39, 0.29) is 5.91 Å². The van der Waals surface area contributed by atoms with Crippen molar-refractivity contribution in [2.24, 2.45) is 0 Å². The maximum atomic E-state index is 13.3. The molecule has 2 aromatic carbocycles. The second-order valence-corrected chi connectivity index (χ2v) is 10.4. The van der Waals surface area contributed by atoms with Crippen molar-refractivity contribution >= 4 is 29.3 Å². The Morgan fingerprint density at radius 1 is 1.12 bits per heavy atom. The molecule has 0 bridgehead atoms. The van der Waals surface area contributed by atoms with Gasteiger partial charge in [0.15, 0.2) is 0 Å². The monoisotopic (exact) mass is 481 g/mol. The van der Waals surface area contributed by atoms with Crippen molar-refractivity contribution in [3.05, 3.63) is 65.0 Å². The highest BCUT2D eigenvalue weighted by molar-refractivity contribution is 8.01. The molecule has 7 nitrogen and oxygen atoms in total. The molecule has 0 unspecified atom stereocenters. The van der Waals surface area contributed by atoms with Gasteiger partial charge in [0.1, 0.15) is 16.3 Å². The molecule has 1 aromatic heterocycles. The topological polar surface area (TPSA) is 93.4 Å². The van der Waals surface area contributed by atoms with Crippen molar-refractivity contribution in [1.29, 1.82) is 0 Å². The third-order valence-electron chi connectivity index (χ3n) is 5.73. The Labute approximate surface area is 204 Å². The standard InChI is InChI=1S/C26H31N3O4S/c1-16-8-7-9-21(17(16)2)28-24(30)22-18(3)27-23(29(22)14-15-33-6)19-10-12-20(13-11-19)34-26(4,5)25(31)32/h7-13H,14-15H2,1-6H3,(H,28,30)(H,31,32). The van der Waals surface area contributed by atoms with Gasteiger partial charge >= 0.3 is 5.97 Å². The second-order valence-electron chi connectivity index (χ2n) is 8.66. The zero-order valence-corrected chi connectivity index (χ0v) is 21.2. The molecule has 8 heteroatoms. The molecule has 3 rings (SSSR count). The molecule has 1 heterocycles. The Morgan fingerprint density at radius 2 is 1.79 bits per heavy atom. The number of ether oxygens (including phenoxy) is 1. The predicted octanol–water partition coefficient (Wildman–Crippen LogP) is 5.33. The fourth-order valence-corrected chi connectivity index (χ4v) is 4.51. The average Bonchev–Trinajstić information content (AvgIpc) is 3.11. The molecule has 0 spiro atoms. The van der Waals surface area contributed by atoms with Crippen LogP contribution in [0.1, 0.15) is 41.2 Å². The molecule has 0 radical (unpaired) electrons. The fraction of sp³-hybridized carbons (Fsp3) is 0.346. The van der Waals surface area contributed by atoms with Crippen LogP contribution in [0.3, 0.4) is 0 Å². The van der Waals surface area contributed by atoms with E-state index in [1.54, 1.807) is 21.0 Å². The maximum Gasteiger partial charge on any atom is 0.319 e. The zero-order chi connectivity index (χ0) is 25.0. The van der Waals surface area contributed by atoms with Crippen LogP contribution in [0.25, 0.3) is 11.4 Å². The SMILES string of the molecule is COCCn1c(-c2ccc(SC(C)(C)C(=O)O)cc2)nc(C)c1C(=O)Nc1cccc(C)c1C. The molecular weight excluding hydrogens is 450 g/mol. The molecule has 0 saturated carbocycles. The fourth-order valence-electron chi connectivity index (χ4n) is 3.56. The first-order valence-corrected chi connectivity index (χ1v) is 11.8. The number of nitrogens with zero attached hydrogens (tertiary/aromatic N) is 2. The zero-order valence-electron chi connectivity index (χ0n) is 20.4. The van der Waals surface area contributed by atoms with Crippen molar-refractivity contribution in [1.82, 2.24) is 9.55 Å². The lowest BCUT2D eigenvalue weighted by atomic mass is 10.1. The van der Waals surface area contributed by atoms with Gasteiger partial charge in [-0.2, -0.15) is 0 Å². The number of hydrogen-bond acceptors (Lipinski definition) is 5. The van der Waals surface area contributed by atoms with E-state index in [1.807, 2.05) is 67.8 Å². The summed E-state index contributed by atoms with van der Waals surface area (Å²) in [5, 5.41) is 12.4. The number of aryl methyl sites for hydroxylation is 2. The molecular formula is C26H31N3O4S. The summed E-state index contributed by atoms with van der Waals surface area (Å²) in [5.74, 6) is -0.432. The third kappa shape index (κ3) is 5.51. The number of carboxylic acid groups (broad SMARTS) is 1. The van der Waals surface area contributed by atoms with Crippen LogP contribution in [-0.4, -0.2) is 45.0 Å². The van der Waals surface area contributed by atoms with Gasteiger partial charge in [0, 0.05) is 29.8 Å². The minimum Gasteiger partial charge on any atom is -0.480 e. The first-order chi connectivity index (χ1) is 16.0. The lowest BCUT2D eigenvalue weighted by Crippen LogP contribution is -2.26. The molecule has 0 aliphatic heterocycles. The molecule has 0 saturated heterocycles. The van der Waals surface area contributed by atoms with E-state index in [4.69, 9.17) is 9.72 Å². The number of carboxylic acids is 1. The van der Waals surface area contributed by atoms with Gasteiger partial charge in [0.2, 0.25) is 0 Å². The summed E-state index contributed by atoms with van der Waals surface area (Å²) in [4.78, 5) is 30.3. The first-order valence-electron chi connectivity index (χ1n) is 11.0. The number of nitrogens with one attached hydrogen (secondary N) is 1. The second kappa shape index (κ2) is 10.4. The highest BCUT2D eigenvalue weighted by Gasteiger charge is 2.28. The number of anilines is 1. The number of carbonyl (C=O) groups excluding carboxylic acids is 1. The van der Waals surface area contributed by atoms with E-state index in [1.165, 1.54) is 11.8 Å². The van der Waals surface area contributed by atoms with E-state index in [2.05, 4.69) is 5.32 Å². The van der Waals surface area contributed by atoms with Crippen molar-refractivity contribution in [2.75, 3.05) is 19.0 Å². The van der Waals surface area contributed by atoms with Crippen molar-refractivity contribution in [3.63, 3.8) is 0 Å². The maximum absolute atomic E-state index is 13.3. The molecule has 0 atom stereocenters. The van der Waals surface area contributed by atoms with Crippen LogP contribution in [0.5, 0.6) is 0 Å². The minimum absolute atomic E-state index is 0.226. The molecule has 0 fully saturated rings. The van der Waals surface area contributed by atoms with Gasteiger partial charge in [-0.1, -0.05) is 24.3 Å². The lowest BCUT2D eigenvalue weighted by Gasteiger charge is -2.18. The van der Waals surface area contributed by atoms with Crippen LogP contribution in [-0.2, 0) is 16.1 Å². The van der Waals surface area contributed by atoms with E-state index in [0.717, 1.165) is 27.3 Å². The van der Waals surface area contributed by atoms with Crippen LogP contribution in [0.15, 0.2) is 47.4 Å². The summed E-state index contributed by atoms with van der Waals surface area (Å²) in [7, 11) is 1.62. The summed E-state index contributed by atoms with van der Waals surface area (Å²) in [6.45, 7) is 10.1. The summed E-state index contributed by atoms with van der Waals surface area (Å²) in [5.41, 5.74) is 4.84. The number of thioether (sulfide) groups is 1. The number of imidazole rings is 1. The quantitative estimate of drug-likeness (QED) is 0.401. The summed E-state index contributed by atoms with van der Waals surface area (Å²) < 4.78 is 6.23. The molecule has 2 N–H and O–H groups in total. The molecule has 0 aliphatic carbocycles. The van der Waals surface area contributed by atoms with Crippen molar-refractivity contribution in [3.8, 4) is 11.4 Å². The van der Waals surface area contributed by atoms with Gasteiger partial charge in [0.25, 0.3) is 5.91 Å². The molecule has 0 aliphatic rings. The van der Waals surface area contributed by atoms with Crippen LogP contribution >= 0.6 is 11.8 Å². The molecule has 3 aromatic rings. The molecule has 180 valence electrons. The van der Waals surface area contributed by atoms with Crippen LogP contribution in [0.4, 0.5) is 5.69 Å². The summed E-state index contributed by atoms with van der Waals surface area (Å²) in [6.07, 6.45) is 0. The average molecular weight is 482 g/mol. The number of aromatic nitrogens is 2. The number of hydrogen-bond donors (Lipinski definition) is 2. The van der Waals surface area contributed by atoms with Gasteiger partial charge in [-0.25, -0.2) is 4.98 Å². The Morgan fingerprint density at radius 3 is 2.41 bits per heavy atom. The van der Waals surface area contributed by atoms with Crippen LogP contribution in [0, 0.1) is 20.8 Å². The van der Waals surface area contributed by atoms with Gasteiger partial charge < -0.3 is 19.7 Å². The van der Waals surface area contributed by atoms with E-state index >= 15 is 0 Å². The lowest BCUT2D eigenvalue weighted by molar-refractivity contribution is -0.138. The Kier molecular flexibility index (Phi) is 7.84. The minimum atomic E-state index is -0.936. The number of rotatable bonds is 9. The number of methoxy groups -OCH3 is 1. The summed E-state index contributed by atoms with van der Waals surface area (Å²) >= 11 is 1.28. The third-order valence-corrected chi connectivity index (χ3v) is 6.92. The van der Waals surface area contributed by atoms with Crippen molar-refractivity contribution in [2.45, 2.75) is 50.8 Å². The first kappa shape index (κ1) is 25.5. The Balaban J connectivity index is 1.96. The largest absolute Gasteiger partial charge is 0.480 e. The highest BCUT2D eigenvalue weighted by atomic mass is 32.2. The Bertz CT molecular complexity index is 1200. The molecule has 34 heavy (non-hydrogen) atoms. The van der Waals surface area contributed by atoms with E-state index < -0.39 is 10.7 Å². The van der Waals surface area contributed by atoms with E-state index in [0.29, 0.717) is 30.4 Å². The van der Waals surface area contributed by atoms with Crippen molar-refractivity contribution < 1.29 is 19.4 Å².